The molecule has 0 unspecified atom stereocenters. The fourth-order valence-electron chi connectivity index (χ4n) is 3.13. The maximum absolute atomic E-state index is 11.4. The van der Waals surface area contributed by atoms with Crippen molar-refractivity contribution in [3.63, 3.8) is 0 Å². The fourth-order valence-corrected chi connectivity index (χ4v) is 3.30. The molecule has 0 aromatic heterocycles. The molecule has 0 saturated carbocycles. The first-order valence-corrected chi connectivity index (χ1v) is 6.37. The molecule has 0 aliphatic carbocycles. The molecule has 1 aliphatic heterocycles. The van der Waals surface area contributed by atoms with Crippen molar-refractivity contribution in [3.8, 4) is 0 Å². The lowest BCUT2D eigenvalue weighted by atomic mass is 9.78. The quantitative estimate of drug-likeness (QED) is 0.775. The molecule has 0 aromatic rings. The lowest BCUT2D eigenvalue weighted by molar-refractivity contribution is -0.270. The number of amides is 1. The molecule has 0 radical (unpaired) electrons. The van der Waals surface area contributed by atoms with Gasteiger partial charge in [-0.15, -0.1) is 0 Å². The number of thiol groups is 1. The van der Waals surface area contributed by atoms with Crippen molar-refractivity contribution in [1.82, 2.24) is 9.96 Å². The van der Waals surface area contributed by atoms with Crippen LogP contribution in [0.1, 0.15) is 40.5 Å². The second kappa shape index (κ2) is 4.78. The van der Waals surface area contributed by atoms with Gasteiger partial charge in [-0.3, -0.25) is 4.79 Å². The van der Waals surface area contributed by atoms with Crippen molar-refractivity contribution in [2.24, 2.45) is 0 Å². The molecule has 1 aliphatic rings. The Morgan fingerprint density at radius 3 is 2.00 bits per heavy atom. The summed E-state index contributed by atoms with van der Waals surface area (Å²) in [5.41, 5.74) is -0.197. The highest BCUT2D eigenvalue weighted by atomic mass is 32.1. The van der Waals surface area contributed by atoms with Crippen LogP contribution in [0.5, 0.6) is 0 Å². The highest BCUT2D eigenvalue weighted by molar-refractivity contribution is 7.96. The Labute approximate surface area is 110 Å². The normalized spacial score (nSPS) is 24.6. The van der Waals surface area contributed by atoms with Gasteiger partial charge in [-0.1, -0.05) is 12.6 Å². The van der Waals surface area contributed by atoms with Gasteiger partial charge in [-0.2, -0.15) is 5.06 Å². The molecular weight excluding hydrogens is 236 g/mol. The molecule has 4 nitrogen and oxygen atoms in total. The molecule has 1 fully saturated rings. The lowest BCUT2D eigenvalue weighted by Crippen LogP contribution is -2.63. The zero-order valence-electron chi connectivity index (χ0n) is 11.6. The molecule has 0 bridgehead atoms. The summed E-state index contributed by atoms with van der Waals surface area (Å²) < 4.78 is 0. The van der Waals surface area contributed by atoms with Crippen molar-refractivity contribution < 1.29 is 9.63 Å². The number of hydrogen-bond acceptors (Lipinski definition) is 3. The number of piperidine rings is 1. The summed E-state index contributed by atoms with van der Waals surface area (Å²) in [6.07, 6.45) is 1.76. The van der Waals surface area contributed by atoms with Crippen LogP contribution in [0.3, 0.4) is 0 Å². The fraction of sp³-hybridized carbons (Fsp3) is 0.917. The van der Waals surface area contributed by atoms with Gasteiger partial charge in [-0.25, -0.2) is 0 Å². The van der Waals surface area contributed by atoms with Crippen LogP contribution in [0.25, 0.3) is 0 Å². The van der Waals surface area contributed by atoms with E-state index in [1.165, 1.54) is 0 Å². The van der Waals surface area contributed by atoms with Crippen LogP contribution < -0.4 is 0 Å². The number of rotatable bonds is 2. The van der Waals surface area contributed by atoms with Gasteiger partial charge < -0.3 is 9.74 Å². The van der Waals surface area contributed by atoms with E-state index in [0.29, 0.717) is 0 Å². The minimum atomic E-state index is -0.174. The van der Waals surface area contributed by atoms with E-state index < -0.39 is 0 Å². The van der Waals surface area contributed by atoms with Gasteiger partial charge in [-0.05, 0) is 40.5 Å². The Morgan fingerprint density at radius 2 is 1.71 bits per heavy atom. The summed E-state index contributed by atoms with van der Waals surface area (Å²) in [6.45, 7) is 8.56. The van der Waals surface area contributed by atoms with Gasteiger partial charge in [0, 0.05) is 24.2 Å². The van der Waals surface area contributed by atoms with Crippen LogP contribution in [0.15, 0.2) is 0 Å². The summed E-state index contributed by atoms with van der Waals surface area (Å²) >= 11 is 3.90. The van der Waals surface area contributed by atoms with E-state index in [-0.39, 0.29) is 22.4 Å². The standard InChI is InChI=1S/C12H24N2O2S/c1-11(2)7-9(13(5)10(15)17)8-12(3,4)14(11)16-6/h9H,7-8H2,1-6H3,(H,15,17). The average molecular weight is 260 g/mol. The van der Waals surface area contributed by atoms with Gasteiger partial charge in [0.05, 0.1) is 7.11 Å². The zero-order valence-corrected chi connectivity index (χ0v) is 12.5. The van der Waals surface area contributed by atoms with Gasteiger partial charge in [0.15, 0.2) is 0 Å². The number of hydroxylamine groups is 2. The second-order valence-electron chi connectivity index (χ2n) is 6.06. The van der Waals surface area contributed by atoms with Crippen molar-refractivity contribution in [2.45, 2.75) is 57.7 Å². The summed E-state index contributed by atoms with van der Waals surface area (Å²) in [5.74, 6) is 0. The van der Waals surface area contributed by atoms with Crippen LogP contribution in [-0.2, 0) is 4.84 Å². The molecular formula is C12H24N2O2S. The molecule has 1 rings (SSSR count). The minimum absolute atomic E-state index is 0.0986. The van der Waals surface area contributed by atoms with Crippen molar-refractivity contribution in [2.75, 3.05) is 14.2 Å². The molecule has 0 aromatic carbocycles. The maximum Gasteiger partial charge on any atom is 0.278 e. The van der Waals surface area contributed by atoms with Gasteiger partial charge >= 0.3 is 0 Å². The first-order chi connectivity index (χ1) is 7.62. The first-order valence-electron chi connectivity index (χ1n) is 5.92. The van der Waals surface area contributed by atoms with Crippen molar-refractivity contribution in [3.05, 3.63) is 0 Å². The van der Waals surface area contributed by atoms with Gasteiger partial charge in [0.1, 0.15) is 0 Å². The Balaban J connectivity index is 2.95. The Bertz CT molecular complexity index is 287. The third-order valence-corrected chi connectivity index (χ3v) is 3.92. The summed E-state index contributed by atoms with van der Waals surface area (Å²) in [7, 11) is 3.52. The van der Waals surface area contributed by atoms with Crippen molar-refractivity contribution in [1.29, 1.82) is 0 Å². The van der Waals surface area contributed by atoms with E-state index in [9.17, 15) is 4.79 Å². The minimum Gasteiger partial charge on any atom is -0.334 e. The molecule has 0 atom stereocenters. The predicted molar refractivity (Wildman–Crippen MR) is 72.2 cm³/mol. The molecule has 5 heteroatoms. The highest BCUT2D eigenvalue weighted by Gasteiger charge is 2.47. The van der Waals surface area contributed by atoms with E-state index in [1.807, 2.05) is 12.1 Å². The molecule has 0 spiro atoms. The van der Waals surface area contributed by atoms with Crippen LogP contribution >= 0.6 is 12.6 Å². The molecule has 100 valence electrons. The number of nitrogens with zero attached hydrogens (tertiary/aromatic N) is 2. The van der Waals surface area contributed by atoms with Crippen molar-refractivity contribution >= 4 is 17.9 Å². The number of carbonyl (C=O) groups excluding carboxylic acids is 1. The van der Waals surface area contributed by atoms with E-state index in [0.717, 1.165) is 12.8 Å². The van der Waals surface area contributed by atoms with Gasteiger partial charge in [0.25, 0.3) is 5.24 Å². The molecule has 1 amide bonds. The summed E-state index contributed by atoms with van der Waals surface area (Å²) in [6, 6.07) is 0.205. The van der Waals surface area contributed by atoms with E-state index in [2.05, 4.69) is 40.3 Å². The van der Waals surface area contributed by atoms with E-state index >= 15 is 0 Å². The Hall–Kier alpha value is -0.260. The third-order valence-electron chi connectivity index (χ3n) is 3.60. The molecule has 1 heterocycles. The topological polar surface area (TPSA) is 32.8 Å². The van der Waals surface area contributed by atoms with E-state index in [4.69, 9.17) is 4.84 Å². The number of hydrogen-bond donors (Lipinski definition) is 1. The molecule has 17 heavy (non-hydrogen) atoms. The largest absolute Gasteiger partial charge is 0.334 e. The maximum atomic E-state index is 11.4. The monoisotopic (exact) mass is 260 g/mol. The molecule has 1 saturated heterocycles. The highest BCUT2D eigenvalue weighted by Crippen LogP contribution is 2.39. The molecule has 0 N–H and O–H groups in total. The smallest absolute Gasteiger partial charge is 0.278 e. The van der Waals surface area contributed by atoms with Crippen LogP contribution in [-0.4, -0.2) is 46.5 Å². The summed E-state index contributed by atoms with van der Waals surface area (Å²) in [4.78, 5) is 18.6. The SMILES string of the molecule is CON1C(C)(C)CC(N(C)C(=O)S)CC1(C)C. The average Bonchev–Trinajstić information content (AvgIpc) is 2.13. The number of carbonyl (C=O) groups is 1. The van der Waals surface area contributed by atoms with Crippen LogP contribution in [0, 0.1) is 0 Å². The lowest BCUT2D eigenvalue weighted by Gasteiger charge is -2.54. The Kier molecular flexibility index (Phi) is 4.16. The first kappa shape index (κ1) is 14.8. The predicted octanol–water partition coefficient (Wildman–Crippen LogP) is 2.55. The van der Waals surface area contributed by atoms with Crippen LogP contribution in [0.2, 0.25) is 0 Å². The Morgan fingerprint density at radius 1 is 1.29 bits per heavy atom. The van der Waals surface area contributed by atoms with Crippen LogP contribution in [0.4, 0.5) is 4.79 Å². The zero-order chi connectivity index (χ0) is 13.4. The van der Waals surface area contributed by atoms with E-state index in [1.54, 1.807) is 12.0 Å². The summed E-state index contributed by atoms with van der Waals surface area (Å²) in [5, 5.41) is 1.86. The second-order valence-corrected chi connectivity index (χ2v) is 6.44. The third kappa shape index (κ3) is 2.95. The van der Waals surface area contributed by atoms with Gasteiger partial charge in [0.2, 0.25) is 0 Å².